The average Bonchev–Trinajstić information content (AvgIpc) is 2.29. The molecule has 0 aliphatic heterocycles. The highest BCUT2D eigenvalue weighted by Gasteiger charge is 2.31. The zero-order valence-corrected chi connectivity index (χ0v) is 11.3. The molecule has 0 bridgehead atoms. The molecule has 0 heterocycles. The fraction of sp³-hybridized carbons (Fsp3) is 0.538. The molecule has 0 saturated heterocycles. The lowest BCUT2D eigenvalue weighted by Gasteiger charge is -2.33. The standard InChI is InChI=1S/C13H16BrF2N/c1-7-2-5-11(17)8(6-7)12-10(15)4-3-9(14)13(12)16/h3-4,7-8,11H,2,5-6,17H2,1H3. The van der Waals surface area contributed by atoms with E-state index in [0.717, 1.165) is 19.3 Å². The summed E-state index contributed by atoms with van der Waals surface area (Å²) < 4.78 is 28.1. The molecule has 1 aromatic rings. The summed E-state index contributed by atoms with van der Waals surface area (Å²) in [7, 11) is 0. The first-order valence-corrected chi connectivity index (χ1v) is 6.69. The lowest BCUT2D eigenvalue weighted by Crippen LogP contribution is -2.35. The molecule has 1 aliphatic carbocycles. The van der Waals surface area contributed by atoms with Crippen LogP contribution in [0.2, 0.25) is 0 Å². The van der Waals surface area contributed by atoms with Crippen molar-refractivity contribution >= 4 is 15.9 Å². The summed E-state index contributed by atoms with van der Waals surface area (Å²) in [5.41, 5.74) is 6.16. The highest BCUT2D eigenvalue weighted by molar-refractivity contribution is 9.10. The third-order valence-electron chi connectivity index (χ3n) is 3.62. The Balaban J connectivity index is 2.41. The molecule has 2 rings (SSSR count). The van der Waals surface area contributed by atoms with E-state index >= 15 is 0 Å². The van der Waals surface area contributed by atoms with Gasteiger partial charge in [-0.1, -0.05) is 6.92 Å². The Bertz CT molecular complexity index is 422. The molecule has 3 unspecified atom stereocenters. The van der Waals surface area contributed by atoms with Crippen molar-refractivity contribution in [2.75, 3.05) is 0 Å². The molecule has 2 N–H and O–H groups in total. The first-order chi connectivity index (χ1) is 8.00. The fourth-order valence-corrected chi connectivity index (χ4v) is 2.96. The number of rotatable bonds is 1. The van der Waals surface area contributed by atoms with Crippen LogP contribution in [0.4, 0.5) is 8.78 Å². The smallest absolute Gasteiger partial charge is 0.143 e. The predicted octanol–water partition coefficient (Wildman–Crippen LogP) is 3.96. The van der Waals surface area contributed by atoms with Crippen molar-refractivity contribution in [1.29, 1.82) is 0 Å². The van der Waals surface area contributed by atoms with E-state index in [1.807, 2.05) is 0 Å². The van der Waals surface area contributed by atoms with Gasteiger partial charge < -0.3 is 5.73 Å². The Morgan fingerprint density at radius 1 is 1.29 bits per heavy atom. The molecule has 4 heteroatoms. The largest absolute Gasteiger partial charge is 0.327 e. The van der Waals surface area contributed by atoms with E-state index in [1.165, 1.54) is 12.1 Å². The van der Waals surface area contributed by atoms with Gasteiger partial charge in [0.25, 0.3) is 0 Å². The molecule has 1 aliphatic rings. The number of benzene rings is 1. The quantitative estimate of drug-likeness (QED) is 0.781. The molecule has 1 saturated carbocycles. The second-order valence-corrected chi connectivity index (χ2v) is 5.80. The molecule has 3 atom stereocenters. The van der Waals surface area contributed by atoms with Crippen LogP contribution in [0.3, 0.4) is 0 Å². The lowest BCUT2D eigenvalue weighted by molar-refractivity contribution is 0.295. The van der Waals surface area contributed by atoms with E-state index in [0.29, 0.717) is 10.4 Å². The Morgan fingerprint density at radius 2 is 2.00 bits per heavy atom. The maximum Gasteiger partial charge on any atom is 0.143 e. The van der Waals surface area contributed by atoms with Crippen LogP contribution in [-0.2, 0) is 0 Å². The highest BCUT2D eigenvalue weighted by Crippen LogP contribution is 2.38. The van der Waals surface area contributed by atoms with Crippen molar-refractivity contribution in [2.45, 2.75) is 38.1 Å². The monoisotopic (exact) mass is 303 g/mol. The predicted molar refractivity (Wildman–Crippen MR) is 67.8 cm³/mol. The topological polar surface area (TPSA) is 26.0 Å². The van der Waals surface area contributed by atoms with Gasteiger partial charge in [0.15, 0.2) is 0 Å². The van der Waals surface area contributed by atoms with E-state index in [9.17, 15) is 8.78 Å². The zero-order chi connectivity index (χ0) is 12.6. The summed E-state index contributed by atoms with van der Waals surface area (Å²) >= 11 is 3.10. The summed E-state index contributed by atoms with van der Waals surface area (Å²) in [5.74, 6) is -0.728. The van der Waals surface area contributed by atoms with Crippen LogP contribution in [0.15, 0.2) is 16.6 Å². The van der Waals surface area contributed by atoms with E-state index in [1.54, 1.807) is 0 Å². The fourth-order valence-electron chi connectivity index (χ4n) is 2.62. The molecule has 0 spiro atoms. The van der Waals surface area contributed by atoms with Crippen molar-refractivity contribution in [1.82, 2.24) is 0 Å². The molecule has 17 heavy (non-hydrogen) atoms. The normalized spacial score (nSPS) is 29.4. The van der Waals surface area contributed by atoms with Crippen molar-refractivity contribution in [2.24, 2.45) is 11.7 Å². The minimum atomic E-state index is -0.500. The van der Waals surface area contributed by atoms with Crippen LogP contribution < -0.4 is 5.73 Å². The van der Waals surface area contributed by atoms with Gasteiger partial charge in [0.05, 0.1) is 4.47 Å². The van der Waals surface area contributed by atoms with Crippen LogP contribution in [0.1, 0.15) is 37.7 Å². The van der Waals surface area contributed by atoms with Crippen molar-refractivity contribution in [3.8, 4) is 0 Å². The SMILES string of the molecule is CC1CCC(N)C(c2c(F)ccc(Br)c2F)C1. The highest BCUT2D eigenvalue weighted by atomic mass is 79.9. The van der Waals surface area contributed by atoms with Gasteiger partial charge in [0, 0.05) is 17.5 Å². The Labute approximate surface area is 109 Å². The van der Waals surface area contributed by atoms with Gasteiger partial charge in [-0.2, -0.15) is 0 Å². The van der Waals surface area contributed by atoms with Crippen LogP contribution in [-0.4, -0.2) is 6.04 Å². The molecule has 0 amide bonds. The third-order valence-corrected chi connectivity index (χ3v) is 4.23. The molecule has 1 aromatic carbocycles. The summed E-state index contributed by atoms with van der Waals surface area (Å²) in [5, 5.41) is 0. The molecule has 1 fully saturated rings. The average molecular weight is 304 g/mol. The van der Waals surface area contributed by atoms with E-state index in [-0.39, 0.29) is 17.5 Å². The Morgan fingerprint density at radius 3 is 2.71 bits per heavy atom. The van der Waals surface area contributed by atoms with Crippen molar-refractivity contribution in [3.63, 3.8) is 0 Å². The van der Waals surface area contributed by atoms with E-state index in [4.69, 9.17) is 5.73 Å². The van der Waals surface area contributed by atoms with Gasteiger partial charge in [-0.15, -0.1) is 0 Å². The minimum Gasteiger partial charge on any atom is -0.327 e. The van der Waals surface area contributed by atoms with Gasteiger partial charge in [-0.3, -0.25) is 0 Å². The first kappa shape index (κ1) is 13.0. The number of halogens is 3. The van der Waals surface area contributed by atoms with Crippen LogP contribution in [0.25, 0.3) is 0 Å². The van der Waals surface area contributed by atoms with Crippen molar-refractivity contribution < 1.29 is 8.78 Å². The maximum atomic E-state index is 14.0. The summed E-state index contributed by atoms with van der Waals surface area (Å²) in [4.78, 5) is 0. The van der Waals surface area contributed by atoms with Crippen LogP contribution in [0, 0.1) is 17.6 Å². The second-order valence-electron chi connectivity index (χ2n) is 4.95. The lowest BCUT2D eigenvalue weighted by atomic mass is 9.75. The molecule has 0 aromatic heterocycles. The Kier molecular flexibility index (Phi) is 3.83. The van der Waals surface area contributed by atoms with Gasteiger partial charge in [0.1, 0.15) is 11.6 Å². The maximum absolute atomic E-state index is 14.0. The molecular formula is C13H16BrF2N. The second kappa shape index (κ2) is 5.02. The van der Waals surface area contributed by atoms with Crippen molar-refractivity contribution in [3.05, 3.63) is 33.8 Å². The van der Waals surface area contributed by atoms with Crippen LogP contribution in [0.5, 0.6) is 0 Å². The number of hydrogen-bond donors (Lipinski definition) is 1. The van der Waals surface area contributed by atoms with E-state index in [2.05, 4.69) is 22.9 Å². The third kappa shape index (κ3) is 2.52. The van der Waals surface area contributed by atoms with Gasteiger partial charge >= 0.3 is 0 Å². The molecule has 0 radical (unpaired) electrons. The summed E-state index contributed by atoms with van der Waals surface area (Å²) in [6, 6.07) is 2.55. The first-order valence-electron chi connectivity index (χ1n) is 5.89. The number of hydrogen-bond acceptors (Lipinski definition) is 1. The molecular weight excluding hydrogens is 288 g/mol. The summed E-state index contributed by atoms with van der Waals surface area (Å²) in [6.45, 7) is 2.10. The van der Waals surface area contributed by atoms with Crippen LogP contribution >= 0.6 is 15.9 Å². The Hall–Kier alpha value is -0.480. The van der Waals surface area contributed by atoms with Gasteiger partial charge in [0.2, 0.25) is 0 Å². The van der Waals surface area contributed by atoms with E-state index < -0.39 is 11.6 Å². The molecule has 94 valence electrons. The summed E-state index contributed by atoms with van der Waals surface area (Å²) in [6.07, 6.45) is 2.62. The van der Waals surface area contributed by atoms with Gasteiger partial charge in [-0.05, 0) is 53.2 Å². The number of nitrogens with two attached hydrogens (primary N) is 1. The minimum absolute atomic E-state index is 0.149. The zero-order valence-electron chi connectivity index (χ0n) is 9.72. The van der Waals surface area contributed by atoms with Gasteiger partial charge in [-0.25, -0.2) is 8.78 Å². The molecule has 1 nitrogen and oxygen atoms in total.